The molecule has 0 unspecified atom stereocenters. The monoisotopic (exact) mass is 261 g/mol. The Hall–Kier alpha value is -1.33. The number of halogens is 1. The van der Waals surface area contributed by atoms with Crippen molar-refractivity contribution < 1.29 is 13.7 Å². The Kier molecular flexibility index (Phi) is 2.56. The summed E-state index contributed by atoms with van der Waals surface area (Å²) in [5.74, 6) is -0.256. The van der Waals surface area contributed by atoms with Gasteiger partial charge in [0.25, 0.3) is 0 Å². The van der Waals surface area contributed by atoms with Gasteiger partial charge in [-0.3, -0.25) is 0 Å². The number of nitrogens with one attached hydrogen (secondary N) is 1. The molecule has 3 rings (SSSR count). The molecule has 1 aromatic carbocycles. The molecule has 0 spiro atoms. The third-order valence-corrected chi connectivity index (χ3v) is 4.20. The minimum absolute atomic E-state index is 0.256. The molecule has 2 aromatic rings. The molecule has 0 aliphatic carbocycles. The highest BCUT2D eigenvalue weighted by Crippen LogP contribution is 2.36. The number of aromatic amines is 1. The summed E-state index contributed by atoms with van der Waals surface area (Å²) in [6.07, 6.45) is 1.36. The van der Waals surface area contributed by atoms with Gasteiger partial charge in [-0.1, -0.05) is 12.1 Å². The van der Waals surface area contributed by atoms with E-state index in [0.29, 0.717) is 5.39 Å². The summed E-state index contributed by atoms with van der Waals surface area (Å²) in [4.78, 5) is 2.95. The maximum Gasteiger partial charge on any atom is 0.497 e. The highest BCUT2D eigenvalue weighted by atomic mass is 19.1. The SMILES string of the molecule is CC1(C)OB(c2cccc3c(F)c[nH]c23)OC1(C)C. The number of hydrogen-bond acceptors (Lipinski definition) is 2. The lowest BCUT2D eigenvalue weighted by atomic mass is 9.78. The number of fused-ring (bicyclic) bond motifs is 1. The zero-order valence-electron chi connectivity index (χ0n) is 11.6. The van der Waals surface area contributed by atoms with E-state index >= 15 is 0 Å². The van der Waals surface area contributed by atoms with Crippen molar-refractivity contribution in [2.45, 2.75) is 38.9 Å². The second-order valence-electron chi connectivity index (χ2n) is 5.99. The van der Waals surface area contributed by atoms with Gasteiger partial charge in [0, 0.05) is 22.6 Å². The summed E-state index contributed by atoms with van der Waals surface area (Å²) in [5, 5.41) is 0.562. The van der Waals surface area contributed by atoms with E-state index in [0.717, 1.165) is 11.0 Å². The quantitative estimate of drug-likeness (QED) is 0.800. The normalized spacial score (nSPS) is 21.2. The van der Waals surface area contributed by atoms with E-state index in [9.17, 15) is 4.39 Å². The van der Waals surface area contributed by atoms with Gasteiger partial charge in [-0.2, -0.15) is 0 Å². The molecule has 0 atom stereocenters. The molecule has 5 heteroatoms. The van der Waals surface area contributed by atoms with Gasteiger partial charge >= 0.3 is 7.12 Å². The highest BCUT2D eigenvalue weighted by molar-refractivity contribution is 6.65. The van der Waals surface area contributed by atoms with Crippen LogP contribution in [0.2, 0.25) is 0 Å². The lowest BCUT2D eigenvalue weighted by Gasteiger charge is -2.32. The standard InChI is InChI=1S/C14H17BFNO2/c1-13(2)14(3,4)19-15(18-13)10-7-5-6-9-11(16)8-17-12(9)10/h5-8,17H,1-4H3. The lowest BCUT2D eigenvalue weighted by molar-refractivity contribution is 0.00578. The van der Waals surface area contributed by atoms with E-state index in [1.807, 2.05) is 39.8 Å². The van der Waals surface area contributed by atoms with E-state index in [2.05, 4.69) is 4.98 Å². The Balaban J connectivity index is 2.07. The van der Waals surface area contributed by atoms with Crippen LogP contribution in [0.25, 0.3) is 10.9 Å². The lowest BCUT2D eigenvalue weighted by Crippen LogP contribution is -2.41. The van der Waals surface area contributed by atoms with Crippen LogP contribution in [0.15, 0.2) is 24.4 Å². The molecule has 1 aliphatic rings. The molecule has 3 nitrogen and oxygen atoms in total. The Morgan fingerprint density at radius 3 is 2.37 bits per heavy atom. The van der Waals surface area contributed by atoms with Crippen LogP contribution in [0.3, 0.4) is 0 Å². The van der Waals surface area contributed by atoms with Gasteiger partial charge in [-0.05, 0) is 33.8 Å². The van der Waals surface area contributed by atoms with E-state index in [-0.39, 0.29) is 5.82 Å². The summed E-state index contributed by atoms with van der Waals surface area (Å²) in [6.45, 7) is 8.01. The number of hydrogen-bond donors (Lipinski definition) is 1. The van der Waals surface area contributed by atoms with E-state index in [1.54, 1.807) is 6.07 Å². The van der Waals surface area contributed by atoms with Gasteiger partial charge < -0.3 is 14.3 Å². The minimum Gasteiger partial charge on any atom is -0.399 e. The van der Waals surface area contributed by atoms with Crippen molar-refractivity contribution in [1.82, 2.24) is 4.98 Å². The number of aromatic nitrogens is 1. The number of benzene rings is 1. The highest BCUT2D eigenvalue weighted by Gasteiger charge is 2.52. The summed E-state index contributed by atoms with van der Waals surface area (Å²) in [5.41, 5.74) is 0.772. The Labute approximate surface area is 112 Å². The van der Waals surface area contributed by atoms with Crippen molar-refractivity contribution in [3.63, 3.8) is 0 Å². The van der Waals surface area contributed by atoms with Crippen LogP contribution in [0.1, 0.15) is 27.7 Å². The molecule has 1 aliphatic heterocycles. The van der Waals surface area contributed by atoms with Gasteiger partial charge in [0.05, 0.1) is 11.2 Å². The van der Waals surface area contributed by atoms with Crippen molar-refractivity contribution in [3.8, 4) is 0 Å². The first-order chi connectivity index (χ1) is 8.82. The molecule has 1 fully saturated rings. The van der Waals surface area contributed by atoms with Crippen LogP contribution in [0.5, 0.6) is 0 Å². The molecule has 0 radical (unpaired) electrons. The van der Waals surface area contributed by atoms with Crippen LogP contribution in [0.4, 0.5) is 4.39 Å². The average Bonchev–Trinajstić information content (AvgIpc) is 2.78. The fourth-order valence-electron chi connectivity index (χ4n) is 2.31. The fraction of sp³-hybridized carbons (Fsp3) is 0.429. The van der Waals surface area contributed by atoms with Crippen LogP contribution >= 0.6 is 0 Å². The molecule has 0 saturated carbocycles. The predicted octanol–water partition coefficient (Wildman–Crippen LogP) is 2.61. The van der Waals surface area contributed by atoms with Gasteiger partial charge in [0.1, 0.15) is 5.82 Å². The van der Waals surface area contributed by atoms with Crippen LogP contribution < -0.4 is 5.46 Å². The van der Waals surface area contributed by atoms with Gasteiger partial charge in [0.15, 0.2) is 0 Å². The van der Waals surface area contributed by atoms with Crippen molar-refractivity contribution >= 4 is 23.5 Å². The fourth-order valence-corrected chi connectivity index (χ4v) is 2.31. The molecule has 0 amide bonds. The van der Waals surface area contributed by atoms with Crippen LogP contribution in [-0.2, 0) is 9.31 Å². The Bertz CT molecular complexity index is 619. The second-order valence-corrected chi connectivity index (χ2v) is 5.99. The summed E-state index contributed by atoms with van der Waals surface area (Å²) in [6, 6.07) is 5.47. The first kappa shape index (κ1) is 12.7. The number of para-hydroxylation sites is 1. The molecule has 1 aromatic heterocycles. The summed E-state index contributed by atoms with van der Waals surface area (Å²) >= 11 is 0. The number of H-pyrrole nitrogens is 1. The maximum atomic E-state index is 13.6. The van der Waals surface area contributed by atoms with E-state index in [4.69, 9.17) is 9.31 Å². The van der Waals surface area contributed by atoms with Crippen molar-refractivity contribution in [2.75, 3.05) is 0 Å². The second kappa shape index (κ2) is 3.84. The molecule has 1 N–H and O–H groups in total. The largest absolute Gasteiger partial charge is 0.497 e. The van der Waals surface area contributed by atoms with Crippen molar-refractivity contribution in [2.24, 2.45) is 0 Å². The molecule has 2 heterocycles. The third-order valence-electron chi connectivity index (χ3n) is 4.20. The summed E-state index contributed by atoms with van der Waals surface area (Å²) in [7, 11) is -0.480. The summed E-state index contributed by atoms with van der Waals surface area (Å²) < 4.78 is 25.6. The molecule has 19 heavy (non-hydrogen) atoms. The molecular formula is C14H17BFNO2. The first-order valence-corrected chi connectivity index (χ1v) is 6.43. The minimum atomic E-state index is -0.480. The molecule has 0 bridgehead atoms. The maximum absolute atomic E-state index is 13.6. The third kappa shape index (κ3) is 1.80. The van der Waals surface area contributed by atoms with Gasteiger partial charge in [-0.15, -0.1) is 0 Å². The average molecular weight is 261 g/mol. The zero-order valence-corrected chi connectivity index (χ0v) is 11.6. The zero-order chi connectivity index (χ0) is 13.8. The first-order valence-electron chi connectivity index (χ1n) is 6.43. The van der Waals surface area contributed by atoms with Gasteiger partial charge in [0.2, 0.25) is 0 Å². The smallest absolute Gasteiger partial charge is 0.399 e. The van der Waals surface area contributed by atoms with Crippen molar-refractivity contribution in [3.05, 3.63) is 30.2 Å². The van der Waals surface area contributed by atoms with Crippen LogP contribution in [-0.4, -0.2) is 23.3 Å². The van der Waals surface area contributed by atoms with E-state index < -0.39 is 18.3 Å². The number of rotatable bonds is 1. The molecule has 100 valence electrons. The van der Waals surface area contributed by atoms with E-state index in [1.165, 1.54) is 6.20 Å². The topological polar surface area (TPSA) is 34.2 Å². The van der Waals surface area contributed by atoms with Gasteiger partial charge in [-0.25, -0.2) is 4.39 Å². The predicted molar refractivity (Wildman–Crippen MR) is 74.0 cm³/mol. The van der Waals surface area contributed by atoms with Crippen LogP contribution in [0, 0.1) is 5.82 Å². The molecule has 1 saturated heterocycles. The Morgan fingerprint density at radius 2 is 1.74 bits per heavy atom. The molecular weight excluding hydrogens is 244 g/mol. The van der Waals surface area contributed by atoms with Crippen molar-refractivity contribution in [1.29, 1.82) is 0 Å². The Morgan fingerprint density at radius 1 is 1.11 bits per heavy atom.